The van der Waals surface area contributed by atoms with Gasteiger partial charge in [0.15, 0.2) is 9.84 Å². The normalized spacial score (nSPS) is 11.3. The fraction of sp³-hybridized carbons (Fsp3) is 0.154. The molecule has 0 aliphatic heterocycles. The molecule has 0 bridgehead atoms. The highest BCUT2D eigenvalue weighted by molar-refractivity contribution is 9.10. The molecule has 1 heterocycles. The molecule has 0 amide bonds. The minimum atomic E-state index is -3.36. The van der Waals surface area contributed by atoms with Gasteiger partial charge in [0, 0.05) is 6.26 Å². The Morgan fingerprint density at radius 3 is 2.70 bits per heavy atom. The zero-order valence-electron chi connectivity index (χ0n) is 10.6. The van der Waals surface area contributed by atoms with Crippen molar-refractivity contribution >= 4 is 31.5 Å². The number of anilines is 1. The van der Waals surface area contributed by atoms with Crippen LogP contribution in [0.25, 0.3) is 0 Å². The molecule has 106 valence electrons. The molecule has 2 rings (SSSR count). The lowest BCUT2D eigenvalue weighted by molar-refractivity contribution is 0.600. The molecule has 0 aliphatic rings. The van der Waals surface area contributed by atoms with Gasteiger partial charge < -0.3 is 5.32 Å². The van der Waals surface area contributed by atoms with Crippen molar-refractivity contribution in [1.82, 2.24) is 4.98 Å². The van der Waals surface area contributed by atoms with E-state index in [1.165, 1.54) is 12.1 Å². The van der Waals surface area contributed by atoms with Crippen molar-refractivity contribution in [2.75, 3.05) is 11.6 Å². The van der Waals surface area contributed by atoms with Crippen LogP contribution < -0.4 is 5.32 Å². The van der Waals surface area contributed by atoms with Crippen LogP contribution in [0.4, 0.5) is 10.1 Å². The van der Waals surface area contributed by atoms with E-state index in [0.29, 0.717) is 16.8 Å². The molecule has 1 aromatic heterocycles. The first kappa shape index (κ1) is 14.9. The quantitative estimate of drug-likeness (QED) is 0.674. The van der Waals surface area contributed by atoms with Crippen LogP contribution in [0.15, 0.2) is 45.9 Å². The second-order valence-corrected chi connectivity index (χ2v) is 7.05. The molecule has 4 nitrogen and oxygen atoms in total. The predicted molar refractivity (Wildman–Crippen MR) is 78.8 cm³/mol. The molecular weight excluding hydrogens is 347 g/mol. The second kappa shape index (κ2) is 5.88. The van der Waals surface area contributed by atoms with Crippen LogP contribution in [0.2, 0.25) is 0 Å². The lowest BCUT2D eigenvalue weighted by Gasteiger charge is -2.09. The summed E-state index contributed by atoms with van der Waals surface area (Å²) < 4.78 is 37.2. The average Bonchev–Trinajstić information content (AvgIpc) is 2.36. The molecule has 0 fully saturated rings. The lowest BCUT2D eigenvalue weighted by Crippen LogP contribution is -2.05. The first-order valence-electron chi connectivity index (χ1n) is 5.71. The molecule has 0 unspecified atom stereocenters. The number of sulfone groups is 1. The van der Waals surface area contributed by atoms with Gasteiger partial charge in [-0.3, -0.25) is 0 Å². The second-order valence-electron chi connectivity index (χ2n) is 4.22. The Labute approximate surface area is 125 Å². The standard InChI is InChI=1S/C13H12BrFN2O2S/c1-20(18,19)10-5-6-11(15)12(7-10)16-8-9-3-2-4-13(14)17-9/h2-7,16H,8H2,1H3. The predicted octanol–water partition coefficient (Wildman–Crippen LogP) is 3.00. The van der Waals surface area contributed by atoms with Crippen molar-refractivity contribution in [2.24, 2.45) is 0 Å². The van der Waals surface area contributed by atoms with Crippen LogP contribution in [0.5, 0.6) is 0 Å². The van der Waals surface area contributed by atoms with Gasteiger partial charge in [-0.25, -0.2) is 17.8 Å². The summed E-state index contributed by atoms with van der Waals surface area (Å²) in [5, 5.41) is 2.85. The van der Waals surface area contributed by atoms with Gasteiger partial charge in [0.05, 0.1) is 22.8 Å². The smallest absolute Gasteiger partial charge is 0.175 e. The first-order chi connectivity index (χ1) is 9.36. The third kappa shape index (κ3) is 3.77. The number of hydrogen-bond donors (Lipinski definition) is 1. The number of benzene rings is 1. The largest absolute Gasteiger partial charge is 0.377 e. The SMILES string of the molecule is CS(=O)(=O)c1ccc(F)c(NCc2cccc(Br)n2)c1. The summed E-state index contributed by atoms with van der Waals surface area (Å²) in [5.41, 5.74) is 0.846. The summed E-state index contributed by atoms with van der Waals surface area (Å²) in [7, 11) is -3.36. The van der Waals surface area contributed by atoms with Gasteiger partial charge in [0.2, 0.25) is 0 Å². The molecule has 0 aliphatic carbocycles. The maximum Gasteiger partial charge on any atom is 0.175 e. The topological polar surface area (TPSA) is 59.1 Å². The Hall–Kier alpha value is -1.47. The number of nitrogens with one attached hydrogen (secondary N) is 1. The van der Waals surface area contributed by atoms with Crippen molar-refractivity contribution < 1.29 is 12.8 Å². The Balaban J connectivity index is 2.21. The number of rotatable bonds is 4. The molecule has 0 radical (unpaired) electrons. The van der Waals surface area contributed by atoms with Gasteiger partial charge in [-0.2, -0.15) is 0 Å². The molecule has 1 aromatic carbocycles. The summed E-state index contributed by atoms with van der Waals surface area (Å²) >= 11 is 3.25. The van der Waals surface area contributed by atoms with Crippen LogP contribution in [-0.4, -0.2) is 19.7 Å². The lowest BCUT2D eigenvalue weighted by atomic mass is 10.3. The molecule has 0 saturated carbocycles. The highest BCUT2D eigenvalue weighted by atomic mass is 79.9. The van der Waals surface area contributed by atoms with E-state index in [1.807, 2.05) is 6.07 Å². The van der Waals surface area contributed by atoms with Crippen molar-refractivity contribution in [2.45, 2.75) is 11.4 Å². The van der Waals surface area contributed by atoms with Gasteiger partial charge >= 0.3 is 0 Å². The molecule has 20 heavy (non-hydrogen) atoms. The summed E-state index contributed by atoms with van der Waals surface area (Å²) in [6, 6.07) is 9.05. The van der Waals surface area contributed by atoms with E-state index in [-0.39, 0.29) is 10.6 Å². The fourth-order valence-corrected chi connectivity index (χ4v) is 2.63. The number of nitrogens with zero attached hydrogens (tertiary/aromatic N) is 1. The highest BCUT2D eigenvalue weighted by Crippen LogP contribution is 2.20. The summed E-state index contributed by atoms with van der Waals surface area (Å²) in [6.45, 7) is 0.295. The van der Waals surface area contributed by atoms with E-state index in [2.05, 4.69) is 26.2 Å². The maximum atomic E-state index is 13.7. The molecular formula is C13H12BrFN2O2S. The number of hydrogen-bond acceptors (Lipinski definition) is 4. The maximum absolute atomic E-state index is 13.7. The molecule has 0 atom stereocenters. The van der Waals surface area contributed by atoms with E-state index in [0.717, 1.165) is 12.3 Å². The van der Waals surface area contributed by atoms with Crippen LogP contribution in [0.1, 0.15) is 5.69 Å². The van der Waals surface area contributed by atoms with E-state index in [9.17, 15) is 12.8 Å². The number of pyridine rings is 1. The molecule has 0 spiro atoms. The molecule has 7 heteroatoms. The molecule has 1 N–H and O–H groups in total. The third-order valence-corrected chi connectivity index (χ3v) is 4.15. The first-order valence-corrected chi connectivity index (χ1v) is 8.39. The van der Waals surface area contributed by atoms with Crippen LogP contribution in [0, 0.1) is 5.82 Å². The zero-order valence-corrected chi connectivity index (χ0v) is 13.0. The zero-order chi connectivity index (χ0) is 14.8. The van der Waals surface area contributed by atoms with Crippen molar-refractivity contribution in [1.29, 1.82) is 0 Å². The van der Waals surface area contributed by atoms with Crippen molar-refractivity contribution in [3.8, 4) is 0 Å². The van der Waals surface area contributed by atoms with Crippen LogP contribution >= 0.6 is 15.9 Å². The van der Waals surface area contributed by atoms with Crippen LogP contribution in [0.3, 0.4) is 0 Å². The summed E-state index contributed by atoms with van der Waals surface area (Å²) in [4.78, 5) is 4.28. The Morgan fingerprint density at radius 2 is 2.05 bits per heavy atom. The van der Waals surface area contributed by atoms with Crippen molar-refractivity contribution in [3.63, 3.8) is 0 Å². The average molecular weight is 359 g/mol. The fourth-order valence-electron chi connectivity index (χ4n) is 1.61. The summed E-state index contributed by atoms with van der Waals surface area (Å²) in [6.07, 6.45) is 1.08. The number of halogens is 2. The minimum Gasteiger partial charge on any atom is -0.377 e. The van der Waals surface area contributed by atoms with Crippen LogP contribution in [-0.2, 0) is 16.4 Å². The van der Waals surface area contributed by atoms with E-state index < -0.39 is 15.7 Å². The Kier molecular flexibility index (Phi) is 4.39. The van der Waals surface area contributed by atoms with E-state index >= 15 is 0 Å². The van der Waals surface area contributed by atoms with Gasteiger partial charge in [0.25, 0.3) is 0 Å². The number of aromatic nitrogens is 1. The van der Waals surface area contributed by atoms with Crippen molar-refractivity contribution in [3.05, 3.63) is 52.5 Å². The van der Waals surface area contributed by atoms with E-state index in [4.69, 9.17) is 0 Å². The van der Waals surface area contributed by atoms with Gasteiger partial charge in [-0.15, -0.1) is 0 Å². The summed E-state index contributed by atoms with van der Waals surface area (Å²) in [5.74, 6) is -0.507. The van der Waals surface area contributed by atoms with E-state index in [1.54, 1.807) is 12.1 Å². The van der Waals surface area contributed by atoms with Gasteiger partial charge in [0.1, 0.15) is 10.4 Å². The molecule has 2 aromatic rings. The highest BCUT2D eigenvalue weighted by Gasteiger charge is 2.11. The third-order valence-electron chi connectivity index (χ3n) is 2.60. The van der Waals surface area contributed by atoms with Gasteiger partial charge in [-0.05, 0) is 46.3 Å². The van der Waals surface area contributed by atoms with Gasteiger partial charge in [-0.1, -0.05) is 6.07 Å². The minimum absolute atomic E-state index is 0.0728. The Morgan fingerprint density at radius 1 is 1.30 bits per heavy atom. The Bertz CT molecular complexity index is 735. The monoisotopic (exact) mass is 358 g/mol. The molecule has 0 saturated heterocycles.